The molecule has 0 saturated carbocycles. The number of aliphatic carboxylic acids is 1. The van der Waals surface area contributed by atoms with Crippen LogP contribution in [0.15, 0.2) is 24.3 Å². The molecule has 2 saturated heterocycles. The normalized spacial score (nSPS) is 24.0. The van der Waals surface area contributed by atoms with Gasteiger partial charge in [-0.3, -0.25) is 14.5 Å². The van der Waals surface area contributed by atoms with Crippen molar-refractivity contribution in [2.24, 2.45) is 5.92 Å². The molecule has 25 heavy (non-hydrogen) atoms. The van der Waals surface area contributed by atoms with Gasteiger partial charge in [0.15, 0.2) is 0 Å². The van der Waals surface area contributed by atoms with Crippen LogP contribution in [0.3, 0.4) is 0 Å². The number of carboxylic acid groups (broad SMARTS) is 1. The molecule has 1 amide bonds. The molecule has 2 aliphatic rings. The Bertz CT molecular complexity index is 618. The molecule has 7 heteroatoms. The quantitative estimate of drug-likeness (QED) is 0.776. The minimum absolute atomic E-state index is 0.00233. The van der Waals surface area contributed by atoms with Crippen molar-refractivity contribution in [3.8, 4) is 0 Å². The Morgan fingerprint density at radius 3 is 2.48 bits per heavy atom. The molecular weight excluding hydrogens is 324 g/mol. The summed E-state index contributed by atoms with van der Waals surface area (Å²) in [6.45, 7) is 2.76. The molecule has 0 radical (unpaired) electrons. The minimum atomic E-state index is -0.845. The van der Waals surface area contributed by atoms with Crippen molar-refractivity contribution in [2.75, 3.05) is 39.4 Å². The molecule has 2 N–H and O–H groups in total. The third kappa shape index (κ3) is 4.56. The van der Waals surface area contributed by atoms with Gasteiger partial charge in [-0.2, -0.15) is 0 Å². The van der Waals surface area contributed by atoms with Crippen LogP contribution in [-0.2, 0) is 27.4 Å². The maximum atomic E-state index is 12.8. The molecule has 0 unspecified atom stereocenters. The Hall–Kier alpha value is -1.96. The number of nitrogens with zero attached hydrogens (tertiary/aromatic N) is 2. The Balaban J connectivity index is 1.69. The number of rotatable bonds is 5. The van der Waals surface area contributed by atoms with E-state index in [-0.39, 0.29) is 31.0 Å². The van der Waals surface area contributed by atoms with Crippen molar-refractivity contribution in [3.63, 3.8) is 0 Å². The van der Waals surface area contributed by atoms with Crippen molar-refractivity contribution < 1.29 is 24.5 Å². The average molecular weight is 348 g/mol. The van der Waals surface area contributed by atoms with E-state index in [1.54, 1.807) is 0 Å². The van der Waals surface area contributed by atoms with Gasteiger partial charge in [-0.05, 0) is 11.1 Å². The maximum absolute atomic E-state index is 12.8. The first-order chi connectivity index (χ1) is 12.0. The van der Waals surface area contributed by atoms with E-state index in [4.69, 9.17) is 14.9 Å². The van der Waals surface area contributed by atoms with Gasteiger partial charge in [0.2, 0.25) is 5.91 Å². The Morgan fingerprint density at radius 2 is 1.80 bits per heavy atom. The van der Waals surface area contributed by atoms with Crippen LogP contribution >= 0.6 is 0 Å². The fraction of sp³-hybridized carbons (Fsp3) is 0.556. The summed E-state index contributed by atoms with van der Waals surface area (Å²) in [6.07, 6.45) is 0.299. The zero-order chi connectivity index (χ0) is 17.8. The van der Waals surface area contributed by atoms with Crippen LogP contribution in [0.4, 0.5) is 0 Å². The van der Waals surface area contributed by atoms with E-state index in [9.17, 15) is 9.59 Å². The predicted octanol–water partition coefficient (Wildman–Crippen LogP) is -0.0348. The second-order valence-corrected chi connectivity index (χ2v) is 6.84. The molecule has 2 bridgehead atoms. The van der Waals surface area contributed by atoms with Gasteiger partial charge in [-0.25, -0.2) is 0 Å². The smallest absolute Gasteiger partial charge is 0.317 e. The van der Waals surface area contributed by atoms with E-state index in [2.05, 4.69) is 0 Å². The summed E-state index contributed by atoms with van der Waals surface area (Å²) in [4.78, 5) is 27.6. The predicted molar refractivity (Wildman–Crippen MR) is 90.0 cm³/mol. The van der Waals surface area contributed by atoms with Crippen molar-refractivity contribution in [1.82, 2.24) is 9.80 Å². The summed E-state index contributed by atoms with van der Waals surface area (Å²) in [7, 11) is 0. The lowest BCUT2D eigenvalue weighted by Crippen LogP contribution is -2.47. The van der Waals surface area contributed by atoms with Crippen LogP contribution in [0.25, 0.3) is 0 Å². The SMILES string of the molecule is O=C(O)CN1C[C@@H]2COC[C@H](C1)N(C(=O)Cc1ccc(CO)cc1)C2. The van der Waals surface area contributed by atoms with E-state index < -0.39 is 5.97 Å². The Morgan fingerprint density at radius 1 is 1.08 bits per heavy atom. The summed E-state index contributed by atoms with van der Waals surface area (Å²) >= 11 is 0. The molecule has 1 aromatic carbocycles. The third-order valence-corrected chi connectivity index (χ3v) is 4.78. The molecule has 2 fully saturated rings. The van der Waals surface area contributed by atoms with Crippen LogP contribution in [0.2, 0.25) is 0 Å². The highest BCUT2D eigenvalue weighted by atomic mass is 16.5. The zero-order valence-electron chi connectivity index (χ0n) is 14.1. The van der Waals surface area contributed by atoms with Gasteiger partial charge in [-0.1, -0.05) is 24.3 Å². The van der Waals surface area contributed by atoms with Gasteiger partial charge in [-0.15, -0.1) is 0 Å². The number of benzene rings is 1. The van der Waals surface area contributed by atoms with Crippen molar-refractivity contribution in [2.45, 2.75) is 19.1 Å². The number of carboxylic acids is 1. The van der Waals surface area contributed by atoms with E-state index in [1.807, 2.05) is 34.1 Å². The van der Waals surface area contributed by atoms with Crippen LogP contribution in [0.1, 0.15) is 11.1 Å². The summed E-state index contributed by atoms with van der Waals surface area (Å²) in [5.41, 5.74) is 1.73. The standard InChI is InChI=1S/C18H24N2O5/c21-10-14-3-1-13(2-4-14)5-17(22)20-7-15-6-19(9-18(23)24)8-16(20)12-25-11-15/h1-4,15-16,21H,5-12H2,(H,23,24)/t15-,16-/m0/s1. The van der Waals surface area contributed by atoms with Crippen LogP contribution < -0.4 is 0 Å². The molecule has 2 atom stereocenters. The Kier molecular flexibility index (Phi) is 5.67. The number of aliphatic hydroxyl groups is 1. The second-order valence-electron chi connectivity index (χ2n) is 6.84. The first kappa shape index (κ1) is 17.8. The van der Waals surface area contributed by atoms with Crippen LogP contribution in [0.5, 0.6) is 0 Å². The van der Waals surface area contributed by atoms with Gasteiger partial charge in [0.05, 0.1) is 38.8 Å². The highest BCUT2D eigenvalue weighted by Crippen LogP contribution is 2.21. The lowest BCUT2D eigenvalue weighted by molar-refractivity contribution is -0.138. The molecule has 0 aromatic heterocycles. The summed E-state index contributed by atoms with van der Waals surface area (Å²) in [5.74, 6) is -0.676. The molecule has 2 aliphatic heterocycles. The molecule has 2 heterocycles. The summed E-state index contributed by atoms with van der Waals surface area (Å²) < 4.78 is 5.68. The molecule has 0 aliphatic carbocycles. The number of aliphatic hydroxyl groups excluding tert-OH is 1. The Labute approximate surface area is 146 Å². The fourth-order valence-electron chi connectivity index (χ4n) is 3.60. The number of carbonyl (C=O) groups is 2. The fourth-order valence-corrected chi connectivity index (χ4v) is 3.60. The largest absolute Gasteiger partial charge is 0.480 e. The first-order valence-corrected chi connectivity index (χ1v) is 8.55. The molecule has 3 rings (SSSR count). The molecule has 0 spiro atoms. The number of ether oxygens (including phenoxy) is 1. The zero-order valence-corrected chi connectivity index (χ0v) is 14.1. The van der Waals surface area contributed by atoms with Crippen LogP contribution in [0, 0.1) is 5.92 Å². The van der Waals surface area contributed by atoms with Crippen LogP contribution in [-0.4, -0.2) is 77.3 Å². The number of hydrogen-bond acceptors (Lipinski definition) is 5. The third-order valence-electron chi connectivity index (χ3n) is 4.78. The van der Waals surface area contributed by atoms with E-state index >= 15 is 0 Å². The molecule has 1 aromatic rings. The average Bonchev–Trinajstić information content (AvgIpc) is 2.85. The maximum Gasteiger partial charge on any atom is 0.317 e. The van der Waals surface area contributed by atoms with Gasteiger partial charge in [0.25, 0.3) is 0 Å². The lowest BCUT2D eigenvalue weighted by Gasteiger charge is -2.30. The van der Waals surface area contributed by atoms with E-state index in [1.165, 1.54) is 0 Å². The highest BCUT2D eigenvalue weighted by molar-refractivity contribution is 5.79. The van der Waals surface area contributed by atoms with Crippen molar-refractivity contribution in [3.05, 3.63) is 35.4 Å². The van der Waals surface area contributed by atoms with Gasteiger partial charge < -0.3 is 19.8 Å². The van der Waals surface area contributed by atoms with Gasteiger partial charge in [0, 0.05) is 25.6 Å². The highest BCUT2D eigenvalue weighted by Gasteiger charge is 2.36. The van der Waals surface area contributed by atoms with E-state index in [0.717, 1.165) is 11.1 Å². The van der Waals surface area contributed by atoms with Gasteiger partial charge in [0.1, 0.15) is 0 Å². The number of fused-ring (bicyclic) bond motifs is 3. The number of amides is 1. The molecule has 136 valence electrons. The second kappa shape index (κ2) is 7.95. The van der Waals surface area contributed by atoms with Gasteiger partial charge >= 0.3 is 5.97 Å². The van der Waals surface area contributed by atoms with Crippen molar-refractivity contribution >= 4 is 11.9 Å². The summed E-state index contributed by atoms with van der Waals surface area (Å²) in [5, 5.41) is 18.2. The first-order valence-electron chi connectivity index (χ1n) is 8.55. The minimum Gasteiger partial charge on any atom is -0.480 e. The summed E-state index contributed by atoms with van der Waals surface area (Å²) in [6, 6.07) is 7.25. The molecular formula is C18H24N2O5. The van der Waals surface area contributed by atoms with Crippen molar-refractivity contribution in [1.29, 1.82) is 0 Å². The number of hydrogen-bond donors (Lipinski definition) is 2. The van der Waals surface area contributed by atoms with E-state index in [0.29, 0.717) is 39.3 Å². The number of carbonyl (C=O) groups excluding carboxylic acids is 1. The molecule has 7 nitrogen and oxygen atoms in total. The monoisotopic (exact) mass is 348 g/mol. The topological polar surface area (TPSA) is 90.3 Å². The lowest BCUT2D eigenvalue weighted by atomic mass is 10.1.